The van der Waals surface area contributed by atoms with Crippen LogP contribution >= 0.6 is 0 Å². The molecule has 1 heteroatoms. The van der Waals surface area contributed by atoms with Crippen molar-refractivity contribution in [1.29, 1.82) is 0 Å². The Hall–Kier alpha value is -0.300. The maximum absolute atomic E-state index is 5.71. The highest BCUT2D eigenvalue weighted by atomic mass is 16.5. The van der Waals surface area contributed by atoms with Gasteiger partial charge in [0, 0.05) is 0 Å². The zero-order valence-corrected chi connectivity index (χ0v) is 7.34. The third kappa shape index (κ3) is 1.12. The summed E-state index contributed by atoms with van der Waals surface area (Å²) in [6, 6.07) is 0. The summed E-state index contributed by atoms with van der Waals surface area (Å²) >= 11 is 0. The molecule has 0 radical (unpaired) electrons. The second-order valence-electron chi connectivity index (χ2n) is 3.92. The van der Waals surface area contributed by atoms with Crippen LogP contribution in [0, 0.1) is 11.8 Å². The van der Waals surface area contributed by atoms with Crippen molar-refractivity contribution >= 4 is 0 Å². The van der Waals surface area contributed by atoms with E-state index in [1.54, 1.807) is 0 Å². The average Bonchev–Trinajstić information content (AvgIpc) is 2.35. The Bertz CT molecular complexity index is 183. The first-order chi connectivity index (χ1) is 5.29. The average molecular weight is 152 g/mol. The predicted octanol–water partition coefficient (Wildman–Crippen LogP) is 2.38. The monoisotopic (exact) mass is 152 g/mol. The summed E-state index contributed by atoms with van der Waals surface area (Å²) in [5.74, 6) is 1.60. The number of hydrogen-bond donors (Lipinski definition) is 0. The fourth-order valence-corrected chi connectivity index (χ4v) is 2.33. The van der Waals surface area contributed by atoms with Crippen LogP contribution in [0.15, 0.2) is 11.6 Å². The number of rotatable bonds is 0. The molecular formula is C10H16O. The molecule has 3 unspecified atom stereocenters. The van der Waals surface area contributed by atoms with Crippen LogP contribution in [0.25, 0.3) is 0 Å². The molecule has 0 saturated carbocycles. The van der Waals surface area contributed by atoms with Gasteiger partial charge in [-0.05, 0) is 37.2 Å². The van der Waals surface area contributed by atoms with Crippen LogP contribution < -0.4 is 0 Å². The molecule has 3 atom stereocenters. The van der Waals surface area contributed by atoms with Gasteiger partial charge in [0.2, 0.25) is 0 Å². The SMILES string of the molecule is CC1=CCCC2C(C)COC12. The number of ether oxygens (including phenoxy) is 1. The summed E-state index contributed by atoms with van der Waals surface area (Å²) in [5.41, 5.74) is 1.46. The first-order valence-corrected chi connectivity index (χ1v) is 4.57. The molecule has 0 aromatic rings. The van der Waals surface area contributed by atoms with Crippen molar-refractivity contribution < 1.29 is 4.74 Å². The standard InChI is InChI=1S/C10H16O/c1-7-4-3-5-9-8(2)6-11-10(7)9/h4,8-10H,3,5-6H2,1-2H3. The first-order valence-electron chi connectivity index (χ1n) is 4.57. The summed E-state index contributed by atoms with van der Waals surface area (Å²) in [7, 11) is 0. The van der Waals surface area contributed by atoms with Crippen molar-refractivity contribution in [3.05, 3.63) is 11.6 Å². The van der Waals surface area contributed by atoms with E-state index in [1.807, 2.05) is 0 Å². The van der Waals surface area contributed by atoms with Crippen molar-refractivity contribution in [3.63, 3.8) is 0 Å². The molecule has 1 fully saturated rings. The molecule has 1 aliphatic heterocycles. The van der Waals surface area contributed by atoms with Gasteiger partial charge in [-0.3, -0.25) is 0 Å². The summed E-state index contributed by atoms with van der Waals surface area (Å²) in [6.45, 7) is 5.48. The van der Waals surface area contributed by atoms with Gasteiger partial charge in [0.15, 0.2) is 0 Å². The van der Waals surface area contributed by atoms with Gasteiger partial charge in [-0.15, -0.1) is 0 Å². The van der Waals surface area contributed by atoms with E-state index >= 15 is 0 Å². The van der Waals surface area contributed by atoms with Gasteiger partial charge < -0.3 is 4.74 Å². The molecule has 0 bridgehead atoms. The lowest BCUT2D eigenvalue weighted by Gasteiger charge is -2.25. The number of hydrogen-bond acceptors (Lipinski definition) is 1. The van der Waals surface area contributed by atoms with E-state index in [9.17, 15) is 0 Å². The van der Waals surface area contributed by atoms with Crippen molar-refractivity contribution in [2.75, 3.05) is 6.61 Å². The molecule has 0 N–H and O–H groups in total. The Kier molecular flexibility index (Phi) is 1.76. The van der Waals surface area contributed by atoms with Crippen molar-refractivity contribution in [2.45, 2.75) is 32.8 Å². The van der Waals surface area contributed by atoms with Gasteiger partial charge >= 0.3 is 0 Å². The Labute approximate surface area is 68.4 Å². The summed E-state index contributed by atoms with van der Waals surface area (Å²) in [4.78, 5) is 0. The second-order valence-corrected chi connectivity index (χ2v) is 3.92. The van der Waals surface area contributed by atoms with Gasteiger partial charge in [0.1, 0.15) is 0 Å². The van der Waals surface area contributed by atoms with Gasteiger partial charge in [0.05, 0.1) is 12.7 Å². The summed E-state index contributed by atoms with van der Waals surface area (Å²) < 4.78 is 5.71. The minimum atomic E-state index is 0.471. The van der Waals surface area contributed by atoms with Gasteiger partial charge in [-0.2, -0.15) is 0 Å². The zero-order valence-electron chi connectivity index (χ0n) is 7.34. The van der Waals surface area contributed by atoms with Crippen molar-refractivity contribution in [1.82, 2.24) is 0 Å². The van der Waals surface area contributed by atoms with E-state index < -0.39 is 0 Å². The van der Waals surface area contributed by atoms with Crippen LogP contribution in [0.3, 0.4) is 0 Å². The Balaban J connectivity index is 2.18. The van der Waals surface area contributed by atoms with E-state index in [1.165, 1.54) is 18.4 Å². The molecule has 11 heavy (non-hydrogen) atoms. The molecule has 0 aromatic carbocycles. The molecule has 0 amide bonds. The third-order valence-electron chi connectivity index (χ3n) is 3.07. The molecular weight excluding hydrogens is 136 g/mol. The van der Waals surface area contributed by atoms with E-state index in [-0.39, 0.29) is 0 Å². The molecule has 1 aliphatic carbocycles. The van der Waals surface area contributed by atoms with E-state index in [0.29, 0.717) is 6.10 Å². The summed E-state index contributed by atoms with van der Waals surface area (Å²) in [5, 5.41) is 0. The molecule has 1 heterocycles. The molecule has 1 nitrogen and oxygen atoms in total. The minimum absolute atomic E-state index is 0.471. The van der Waals surface area contributed by atoms with Crippen molar-refractivity contribution in [2.24, 2.45) is 11.8 Å². The smallest absolute Gasteiger partial charge is 0.0814 e. The van der Waals surface area contributed by atoms with E-state index in [4.69, 9.17) is 4.74 Å². The highest BCUT2D eigenvalue weighted by molar-refractivity contribution is 5.13. The lowest BCUT2D eigenvalue weighted by molar-refractivity contribution is 0.112. The topological polar surface area (TPSA) is 9.23 Å². The first kappa shape index (κ1) is 7.35. The molecule has 2 aliphatic rings. The van der Waals surface area contributed by atoms with Crippen LogP contribution in [0.1, 0.15) is 26.7 Å². The molecule has 0 spiro atoms. The number of allylic oxidation sites excluding steroid dienone is 1. The Morgan fingerprint density at radius 3 is 3.09 bits per heavy atom. The lowest BCUT2D eigenvalue weighted by Crippen LogP contribution is -2.23. The predicted molar refractivity (Wildman–Crippen MR) is 45.4 cm³/mol. The Morgan fingerprint density at radius 2 is 2.36 bits per heavy atom. The zero-order chi connectivity index (χ0) is 7.84. The van der Waals surface area contributed by atoms with Crippen LogP contribution in [0.4, 0.5) is 0 Å². The molecule has 1 saturated heterocycles. The molecule has 62 valence electrons. The van der Waals surface area contributed by atoms with Gasteiger partial charge in [0.25, 0.3) is 0 Å². The highest BCUT2D eigenvalue weighted by Gasteiger charge is 2.36. The molecule has 0 aromatic heterocycles. The van der Waals surface area contributed by atoms with E-state index in [0.717, 1.165) is 18.4 Å². The van der Waals surface area contributed by atoms with Crippen LogP contribution in [-0.2, 0) is 4.74 Å². The van der Waals surface area contributed by atoms with Crippen LogP contribution in [0.5, 0.6) is 0 Å². The normalized spacial score (nSPS) is 43.5. The largest absolute Gasteiger partial charge is 0.373 e. The maximum Gasteiger partial charge on any atom is 0.0814 e. The number of fused-ring (bicyclic) bond motifs is 1. The minimum Gasteiger partial charge on any atom is -0.373 e. The second kappa shape index (κ2) is 2.63. The van der Waals surface area contributed by atoms with Crippen LogP contribution in [-0.4, -0.2) is 12.7 Å². The molecule has 2 rings (SSSR count). The third-order valence-corrected chi connectivity index (χ3v) is 3.07. The fourth-order valence-electron chi connectivity index (χ4n) is 2.33. The summed E-state index contributed by atoms with van der Waals surface area (Å²) in [6.07, 6.45) is 5.40. The van der Waals surface area contributed by atoms with Gasteiger partial charge in [-0.1, -0.05) is 13.0 Å². The maximum atomic E-state index is 5.71. The fraction of sp³-hybridized carbons (Fsp3) is 0.800. The Morgan fingerprint density at radius 1 is 1.55 bits per heavy atom. The van der Waals surface area contributed by atoms with E-state index in [2.05, 4.69) is 19.9 Å². The lowest BCUT2D eigenvalue weighted by atomic mass is 9.81. The van der Waals surface area contributed by atoms with Crippen LogP contribution in [0.2, 0.25) is 0 Å². The van der Waals surface area contributed by atoms with Gasteiger partial charge in [-0.25, -0.2) is 0 Å². The quantitative estimate of drug-likeness (QED) is 0.484. The van der Waals surface area contributed by atoms with Crippen molar-refractivity contribution in [3.8, 4) is 0 Å². The highest BCUT2D eigenvalue weighted by Crippen LogP contribution is 2.37.